The number of unbranched alkanes of at least 4 members (excludes halogenated alkanes) is 3. The molecule has 0 aromatic rings. The predicted octanol–water partition coefficient (Wildman–Crippen LogP) is -1.22. The van der Waals surface area contributed by atoms with Crippen LogP contribution in [-0.2, 0) is 14.4 Å². The lowest BCUT2D eigenvalue weighted by Crippen LogP contribution is -2.47. The van der Waals surface area contributed by atoms with Gasteiger partial charge >= 0.3 is 0 Å². The Balaban J connectivity index is 4.48. The van der Waals surface area contributed by atoms with Crippen LogP contribution >= 0.6 is 0 Å². The van der Waals surface area contributed by atoms with E-state index in [0.717, 1.165) is 38.5 Å². The molecule has 2 unspecified atom stereocenters. The fourth-order valence-corrected chi connectivity index (χ4v) is 3.48. The van der Waals surface area contributed by atoms with Gasteiger partial charge in [-0.15, -0.1) is 0 Å². The molecular weight excluding hydrogens is 448 g/mol. The minimum Gasteiger partial charge on any atom is -0.353 e. The number of hydrogen-bond donors (Lipinski definition) is 7. The van der Waals surface area contributed by atoms with Gasteiger partial charge in [-0.3, -0.25) is 19.3 Å². The van der Waals surface area contributed by atoms with Crippen molar-refractivity contribution < 1.29 is 14.4 Å². The molecule has 0 saturated heterocycles. The maximum absolute atomic E-state index is 12.2. The van der Waals surface area contributed by atoms with E-state index in [1.165, 1.54) is 0 Å². The van der Waals surface area contributed by atoms with Crippen LogP contribution in [0.2, 0.25) is 0 Å². The largest absolute Gasteiger partial charge is 0.353 e. The highest BCUT2D eigenvalue weighted by Gasteiger charge is 2.15. The van der Waals surface area contributed by atoms with Gasteiger partial charge in [-0.2, -0.15) is 0 Å². The summed E-state index contributed by atoms with van der Waals surface area (Å²) in [7, 11) is 0. The SMILES string of the molecule is CCCCC(=O)CNCCN(CCNC(=O)C(N)CCCCN)CCNC(=O)C(N)CCCCN. The van der Waals surface area contributed by atoms with E-state index in [4.69, 9.17) is 22.9 Å². The molecular formula is C24H52N8O3. The number of hydrogen-bond acceptors (Lipinski definition) is 9. The molecule has 206 valence electrons. The topological polar surface area (TPSA) is 195 Å². The number of Topliss-reactive ketones (excluding diaryl/α,β-unsaturated/α-hetero) is 1. The van der Waals surface area contributed by atoms with Crippen molar-refractivity contribution in [3.8, 4) is 0 Å². The Labute approximate surface area is 211 Å². The lowest BCUT2D eigenvalue weighted by molar-refractivity contribution is -0.123. The van der Waals surface area contributed by atoms with Crippen LogP contribution in [0, 0.1) is 0 Å². The van der Waals surface area contributed by atoms with Gasteiger partial charge in [0.25, 0.3) is 0 Å². The Hall–Kier alpha value is -1.63. The van der Waals surface area contributed by atoms with E-state index in [-0.39, 0.29) is 17.6 Å². The zero-order valence-electron chi connectivity index (χ0n) is 21.9. The maximum atomic E-state index is 12.2. The Morgan fingerprint density at radius 3 is 1.69 bits per heavy atom. The zero-order chi connectivity index (χ0) is 26.3. The van der Waals surface area contributed by atoms with Gasteiger partial charge in [-0.1, -0.05) is 26.2 Å². The first-order valence-corrected chi connectivity index (χ1v) is 13.3. The molecule has 2 amide bonds. The highest BCUT2D eigenvalue weighted by molar-refractivity contribution is 5.81. The molecule has 11 nitrogen and oxygen atoms in total. The third kappa shape index (κ3) is 19.3. The molecule has 0 spiro atoms. The minimum absolute atomic E-state index is 0.168. The average Bonchev–Trinajstić information content (AvgIpc) is 2.84. The van der Waals surface area contributed by atoms with E-state index in [1.54, 1.807) is 0 Å². The van der Waals surface area contributed by atoms with Crippen LogP contribution in [0.15, 0.2) is 0 Å². The molecule has 0 fully saturated rings. The first-order chi connectivity index (χ1) is 16.8. The van der Waals surface area contributed by atoms with Crippen molar-refractivity contribution in [1.82, 2.24) is 20.9 Å². The Morgan fingerprint density at radius 2 is 1.23 bits per heavy atom. The van der Waals surface area contributed by atoms with E-state index >= 15 is 0 Å². The molecule has 2 atom stereocenters. The summed E-state index contributed by atoms with van der Waals surface area (Å²) in [6, 6.07) is -1.07. The molecule has 11 heteroatoms. The Morgan fingerprint density at radius 1 is 0.743 bits per heavy atom. The average molecular weight is 501 g/mol. The van der Waals surface area contributed by atoms with Crippen molar-refractivity contribution in [2.24, 2.45) is 22.9 Å². The number of nitrogens with zero attached hydrogens (tertiary/aromatic N) is 1. The van der Waals surface area contributed by atoms with Crippen molar-refractivity contribution >= 4 is 17.6 Å². The zero-order valence-corrected chi connectivity index (χ0v) is 21.9. The first-order valence-electron chi connectivity index (χ1n) is 13.3. The van der Waals surface area contributed by atoms with Gasteiger partial charge in [-0.25, -0.2) is 0 Å². The molecule has 0 radical (unpaired) electrons. The van der Waals surface area contributed by atoms with Gasteiger partial charge in [-0.05, 0) is 45.2 Å². The fraction of sp³-hybridized carbons (Fsp3) is 0.875. The second kappa shape index (κ2) is 22.8. The summed E-state index contributed by atoms with van der Waals surface area (Å²) in [5, 5.41) is 8.97. The number of nitrogens with two attached hydrogens (primary N) is 4. The van der Waals surface area contributed by atoms with Gasteiger partial charge in [0.2, 0.25) is 11.8 Å². The molecule has 0 aliphatic heterocycles. The summed E-state index contributed by atoms with van der Waals surface area (Å²) in [6.45, 7) is 7.03. The van der Waals surface area contributed by atoms with Crippen LogP contribution in [0.3, 0.4) is 0 Å². The monoisotopic (exact) mass is 500 g/mol. The van der Waals surface area contributed by atoms with Crippen LogP contribution in [0.25, 0.3) is 0 Å². The predicted molar refractivity (Wildman–Crippen MR) is 142 cm³/mol. The summed E-state index contributed by atoms with van der Waals surface area (Å²) < 4.78 is 0. The Bertz CT molecular complexity index is 531. The lowest BCUT2D eigenvalue weighted by atomic mass is 10.1. The molecule has 0 saturated carbocycles. The first kappa shape index (κ1) is 33.4. The second-order valence-corrected chi connectivity index (χ2v) is 9.02. The van der Waals surface area contributed by atoms with Crippen LogP contribution < -0.4 is 38.9 Å². The van der Waals surface area contributed by atoms with Gasteiger partial charge in [0.15, 0.2) is 0 Å². The highest BCUT2D eigenvalue weighted by atomic mass is 16.2. The third-order valence-electron chi connectivity index (χ3n) is 5.80. The van der Waals surface area contributed by atoms with Gasteiger partial charge in [0.1, 0.15) is 5.78 Å². The Kier molecular flexibility index (Phi) is 21.7. The van der Waals surface area contributed by atoms with E-state index < -0.39 is 12.1 Å². The molecule has 0 bridgehead atoms. The van der Waals surface area contributed by atoms with E-state index in [2.05, 4.69) is 27.8 Å². The normalized spacial score (nSPS) is 13.0. The summed E-state index contributed by atoms with van der Waals surface area (Å²) >= 11 is 0. The van der Waals surface area contributed by atoms with Crippen molar-refractivity contribution in [3.05, 3.63) is 0 Å². The number of ketones is 1. The van der Waals surface area contributed by atoms with E-state index in [0.29, 0.717) is 78.2 Å². The molecule has 11 N–H and O–H groups in total. The van der Waals surface area contributed by atoms with Gasteiger partial charge in [0, 0.05) is 45.7 Å². The molecule has 0 heterocycles. The van der Waals surface area contributed by atoms with Gasteiger partial charge in [0.05, 0.1) is 18.6 Å². The summed E-state index contributed by atoms with van der Waals surface area (Å²) in [4.78, 5) is 38.4. The molecule has 0 rings (SSSR count). The number of nitrogens with one attached hydrogen (secondary N) is 3. The smallest absolute Gasteiger partial charge is 0.236 e. The van der Waals surface area contributed by atoms with Crippen molar-refractivity contribution in [1.29, 1.82) is 0 Å². The van der Waals surface area contributed by atoms with Crippen LogP contribution in [-0.4, -0.2) is 93.5 Å². The quantitative estimate of drug-likeness (QED) is 0.0795. The minimum atomic E-state index is -0.536. The maximum Gasteiger partial charge on any atom is 0.236 e. The van der Waals surface area contributed by atoms with Crippen LogP contribution in [0.1, 0.15) is 64.7 Å². The molecule has 0 aliphatic rings. The van der Waals surface area contributed by atoms with Crippen LogP contribution in [0.5, 0.6) is 0 Å². The standard InChI is InChI=1S/C24H52N8O3/c1-2-3-8-20(33)19-29-13-16-32(17-14-30-23(34)21(27)9-4-6-11-25)18-15-31-24(35)22(28)10-5-7-12-26/h21-22,29H,2-19,25-28H2,1H3,(H,30,34)(H,31,35). The third-order valence-corrected chi connectivity index (χ3v) is 5.80. The number of rotatable bonds is 24. The highest BCUT2D eigenvalue weighted by Crippen LogP contribution is 1.99. The molecule has 35 heavy (non-hydrogen) atoms. The molecule has 0 aromatic carbocycles. The number of carbonyl (C=O) groups excluding carboxylic acids is 3. The van der Waals surface area contributed by atoms with Crippen LogP contribution in [0.4, 0.5) is 0 Å². The van der Waals surface area contributed by atoms with Crippen molar-refractivity contribution in [2.75, 3.05) is 58.9 Å². The number of carbonyl (C=O) groups is 3. The fourth-order valence-electron chi connectivity index (χ4n) is 3.48. The lowest BCUT2D eigenvalue weighted by Gasteiger charge is -2.24. The number of amides is 2. The van der Waals surface area contributed by atoms with Crippen molar-refractivity contribution in [2.45, 2.75) is 76.8 Å². The van der Waals surface area contributed by atoms with E-state index in [9.17, 15) is 14.4 Å². The van der Waals surface area contributed by atoms with E-state index in [1.807, 2.05) is 0 Å². The second-order valence-electron chi connectivity index (χ2n) is 9.02. The van der Waals surface area contributed by atoms with Crippen molar-refractivity contribution in [3.63, 3.8) is 0 Å². The summed E-state index contributed by atoms with van der Waals surface area (Å²) in [5.41, 5.74) is 22.9. The van der Waals surface area contributed by atoms with Gasteiger partial charge < -0.3 is 38.9 Å². The molecule has 0 aliphatic carbocycles. The summed E-state index contributed by atoms with van der Waals surface area (Å²) in [6.07, 6.45) is 7.10. The molecule has 0 aromatic heterocycles. The summed E-state index contributed by atoms with van der Waals surface area (Å²) in [5.74, 6) is -0.123.